The van der Waals surface area contributed by atoms with Gasteiger partial charge in [-0.1, -0.05) is 32.4 Å². The molecule has 1 aromatic rings. The van der Waals surface area contributed by atoms with Crippen LogP contribution in [0.15, 0.2) is 12.1 Å². The molecule has 0 radical (unpaired) electrons. The van der Waals surface area contributed by atoms with E-state index < -0.39 is 0 Å². The standard InChI is InChI=1S/C17H25ClO2/c1-5-7-19-16-9-12(4)14(18)10-13(16)11(3)8-17-15(6-2)20-17/h9-11,15,17H,5-8H2,1-4H3. The Morgan fingerprint density at radius 3 is 2.65 bits per heavy atom. The molecule has 0 spiro atoms. The molecule has 1 aliphatic heterocycles. The second-order valence-electron chi connectivity index (χ2n) is 5.75. The number of ether oxygens (including phenoxy) is 2. The summed E-state index contributed by atoms with van der Waals surface area (Å²) in [5.41, 5.74) is 2.28. The Balaban J connectivity index is 2.13. The summed E-state index contributed by atoms with van der Waals surface area (Å²) >= 11 is 6.29. The van der Waals surface area contributed by atoms with Crippen LogP contribution >= 0.6 is 11.6 Å². The first-order valence-electron chi connectivity index (χ1n) is 7.65. The number of hydrogen-bond donors (Lipinski definition) is 0. The Kier molecular flexibility index (Phi) is 5.34. The van der Waals surface area contributed by atoms with Crippen LogP contribution in [-0.4, -0.2) is 18.8 Å². The predicted molar refractivity (Wildman–Crippen MR) is 84.0 cm³/mol. The summed E-state index contributed by atoms with van der Waals surface area (Å²) < 4.78 is 11.6. The van der Waals surface area contributed by atoms with Crippen LogP contribution in [0.2, 0.25) is 5.02 Å². The fraction of sp³-hybridized carbons (Fsp3) is 0.647. The molecule has 0 aliphatic carbocycles. The van der Waals surface area contributed by atoms with Crippen molar-refractivity contribution in [2.24, 2.45) is 0 Å². The van der Waals surface area contributed by atoms with E-state index in [1.165, 1.54) is 5.56 Å². The van der Waals surface area contributed by atoms with Gasteiger partial charge in [-0.2, -0.15) is 0 Å². The molecule has 0 amide bonds. The zero-order chi connectivity index (χ0) is 14.7. The predicted octanol–water partition coefficient (Wildman–Crippen LogP) is 5.11. The van der Waals surface area contributed by atoms with E-state index in [1.54, 1.807) is 0 Å². The molecule has 112 valence electrons. The minimum absolute atomic E-state index is 0.404. The van der Waals surface area contributed by atoms with Gasteiger partial charge in [0.1, 0.15) is 5.75 Å². The first kappa shape index (κ1) is 15.7. The average Bonchev–Trinajstić information content (AvgIpc) is 3.17. The molecule has 1 aromatic carbocycles. The number of halogens is 1. The highest BCUT2D eigenvalue weighted by Crippen LogP contribution is 2.39. The van der Waals surface area contributed by atoms with Crippen molar-refractivity contribution in [3.05, 3.63) is 28.3 Å². The molecular formula is C17H25ClO2. The van der Waals surface area contributed by atoms with Crippen molar-refractivity contribution in [3.8, 4) is 5.75 Å². The topological polar surface area (TPSA) is 21.8 Å². The molecule has 0 saturated carbocycles. The van der Waals surface area contributed by atoms with E-state index in [0.717, 1.165) is 42.2 Å². The van der Waals surface area contributed by atoms with E-state index in [-0.39, 0.29) is 0 Å². The van der Waals surface area contributed by atoms with Crippen LogP contribution in [0, 0.1) is 6.92 Å². The molecule has 0 aromatic heterocycles. The van der Waals surface area contributed by atoms with Gasteiger partial charge < -0.3 is 9.47 Å². The number of hydrogen-bond acceptors (Lipinski definition) is 2. The van der Waals surface area contributed by atoms with Crippen molar-refractivity contribution in [1.29, 1.82) is 0 Å². The Labute approximate surface area is 127 Å². The molecule has 1 heterocycles. The SMILES string of the molecule is CCCOc1cc(C)c(Cl)cc1C(C)CC1OC1CC. The zero-order valence-electron chi connectivity index (χ0n) is 12.9. The molecular weight excluding hydrogens is 272 g/mol. The highest BCUT2D eigenvalue weighted by atomic mass is 35.5. The Morgan fingerprint density at radius 2 is 2.05 bits per heavy atom. The fourth-order valence-electron chi connectivity index (χ4n) is 2.61. The van der Waals surface area contributed by atoms with Crippen LogP contribution in [0.3, 0.4) is 0 Å². The van der Waals surface area contributed by atoms with Crippen molar-refractivity contribution in [3.63, 3.8) is 0 Å². The highest BCUT2D eigenvalue weighted by molar-refractivity contribution is 6.31. The number of rotatable bonds is 7. The minimum atomic E-state index is 0.404. The van der Waals surface area contributed by atoms with Gasteiger partial charge in [-0.25, -0.2) is 0 Å². The first-order valence-corrected chi connectivity index (χ1v) is 8.02. The zero-order valence-corrected chi connectivity index (χ0v) is 13.7. The van der Waals surface area contributed by atoms with Gasteiger partial charge in [0.15, 0.2) is 0 Å². The van der Waals surface area contributed by atoms with Gasteiger partial charge >= 0.3 is 0 Å². The summed E-state index contributed by atoms with van der Waals surface area (Å²) in [6, 6.07) is 4.13. The van der Waals surface area contributed by atoms with Gasteiger partial charge in [0.05, 0.1) is 18.8 Å². The summed E-state index contributed by atoms with van der Waals surface area (Å²) in [4.78, 5) is 0. The molecule has 2 nitrogen and oxygen atoms in total. The number of epoxide rings is 1. The van der Waals surface area contributed by atoms with Crippen molar-refractivity contribution < 1.29 is 9.47 Å². The van der Waals surface area contributed by atoms with E-state index in [2.05, 4.69) is 32.9 Å². The maximum atomic E-state index is 6.29. The Bertz CT molecular complexity index is 459. The molecule has 1 aliphatic rings. The van der Waals surface area contributed by atoms with Crippen LogP contribution in [-0.2, 0) is 4.74 Å². The lowest BCUT2D eigenvalue weighted by atomic mass is 9.93. The third-order valence-electron chi connectivity index (χ3n) is 3.96. The average molecular weight is 297 g/mol. The van der Waals surface area contributed by atoms with Crippen LogP contribution in [0.4, 0.5) is 0 Å². The minimum Gasteiger partial charge on any atom is -0.493 e. The van der Waals surface area contributed by atoms with Crippen LogP contribution in [0.25, 0.3) is 0 Å². The maximum Gasteiger partial charge on any atom is 0.123 e. The van der Waals surface area contributed by atoms with Crippen LogP contribution in [0.1, 0.15) is 57.1 Å². The van der Waals surface area contributed by atoms with Crippen LogP contribution < -0.4 is 4.74 Å². The van der Waals surface area contributed by atoms with E-state index in [1.807, 2.05) is 6.92 Å². The van der Waals surface area contributed by atoms with Gasteiger partial charge in [-0.05, 0) is 55.4 Å². The molecule has 3 atom stereocenters. The van der Waals surface area contributed by atoms with E-state index in [4.69, 9.17) is 21.1 Å². The van der Waals surface area contributed by atoms with E-state index in [0.29, 0.717) is 18.1 Å². The van der Waals surface area contributed by atoms with E-state index >= 15 is 0 Å². The summed E-state index contributed by atoms with van der Waals surface area (Å²) in [5.74, 6) is 1.39. The number of benzene rings is 1. The Morgan fingerprint density at radius 1 is 1.30 bits per heavy atom. The second kappa shape index (κ2) is 6.82. The first-order chi connectivity index (χ1) is 9.56. The van der Waals surface area contributed by atoms with E-state index in [9.17, 15) is 0 Å². The Hall–Kier alpha value is -0.730. The molecule has 20 heavy (non-hydrogen) atoms. The molecule has 0 N–H and O–H groups in total. The molecule has 3 unspecified atom stereocenters. The highest BCUT2D eigenvalue weighted by Gasteiger charge is 2.38. The lowest BCUT2D eigenvalue weighted by molar-refractivity contribution is 0.309. The van der Waals surface area contributed by atoms with Gasteiger partial charge in [0, 0.05) is 5.02 Å². The molecule has 1 saturated heterocycles. The van der Waals surface area contributed by atoms with Crippen molar-refractivity contribution in [1.82, 2.24) is 0 Å². The third-order valence-corrected chi connectivity index (χ3v) is 4.37. The lowest BCUT2D eigenvalue weighted by Crippen LogP contribution is -2.06. The third kappa shape index (κ3) is 3.67. The summed E-state index contributed by atoms with van der Waals surface area (Å²) in [6.45, 7) is 9.29. The normalized spacial score (nSPS) is 22.6. The summed E-state index contributed by atoms with van der Waals surface area (Å²) in [6.07, 6.45) is 4.03. The molecule has 2 rings (SSSR count). The summed E-state index contributed by atoms with van der Waals surface area (Å²) in [7, 11) is 0. The van der Waals surface area contributed by atoms with Gasteiger partial charge in [-0.15, -0.1) is 0 Å². The maximum absolute atomic E-state index is 6.29. The second-order valence-corrected chi connectivity index (χ2v) is 6.15. The lowest BCUT2D eigenvalue weighted by Gasteiger charge is -2.18. The van der Waals surface area contributed by atoms with Crippen LogP contribution in [0.5, 0.6) is 5.75 Å². The molecule has 0 bridgehead atoms. The van der Waals surface area contributed by atoms with Crippen molar-refractivity contribution >= 4 is 11.6 Å². The largest absolute Gasteiger partial charge is 0.493 e. The van der Waals surface area contributed by atoms with Gasteiger partial charge in [0.2, 0.25) is 0 Å². The summed E-state index contributed by atoms with van der Waals surface area (Å²) in [5, 5.41) is 0.819. The fourth-order valence-corrected chi connectivity index (χ4v) is 2.79. The smallest absolute Gasteiger partial charge is 0.123 e. The van der Waals surface area contributed by atoms with Gasteiger partial charge in [0.25, 0.3) is 0 Å². The number of aryl methyl sites for hydroxylation is 1. The van der Waals surface area contributed by atoms with Crippen molar-refractivity contribution in [2.75, 3.05) is 6.61 Å². The monoisotopic (exact) mass is 296 g/mol. The van der Waals surface area contributed by atoms with Crippen molar-refractivity contribution in [2.45, 2.75) is 65.1 Å². The molecule has 1 fully saturated rings. The molecule has 3 heteroatoms. The van der Waals surface area contributed by atoms with Gasteiger partial charge in [-0.3, -0.25) is 0 Å². The quantitative estimate of drug-likeness (QED) is 0.652.